The van der Waals surface area contributed by atoms with Crippen molar-refractivity contribution >= 4 is 0 Å². The zero-order valence-corrected chi connectivity index (χ0v) is 4.62. The average Bonchev–Trinajstić information content (AvgIpc) is 2.11. The Morgan fingerprint density at radius 2 is 1.38 bits per heavy atom. The molecule has 0 saturated heterocycles. The molecule has 3 aliphatic carbocycles. The van der Waals surface area contributed by atoms with Crippen molar-refractivity contribution in [2.75, 3.05) is 0 Å². The molecule has 8 heavy (non-hydrogen) atoms. The van der Waals surface area contributed by atoms with E-state index in [2.05, 4.69) is 24.3 Å². The lowest BCUT2D eigenvalue weighted by molar-refractivity contribution is 0.705. The molecule has 0 aromatic heterocycles. The van der Waals surface area contributed by atoms with Crippen molar-refractivity contribution < 1.29 is 0 Å². The Morgan fingerprint density at radius 3 is 1.75 bits per heavy atom. The quantitative estimate of drug-likeness (QED) is 0.409. The van der Waals surface area contributed by atoms with Crippen LogP contribution in [0.1, 0.15) is 0 Å². The Balaban J connectivity index is 2.21. The molecule has 0 unspecified atom stereocenters. The van der Waals surface area contributed by atoms with Crippen molar-refractivity contribution in [2.45, 2.75) is 0 Å². The van der Waals surface area contributed by atoms with Gasteiger partial charge < -0.3 is 0 Å². The third-order valence-electron chi connectivity index (χ3n) is 2.75. The van der Waals surface area contributed by atoms with Crippen molar-refractivity contribution in [1.29, 1.82) is 0 Å². The summed E-state index contributed by atoms with van der Waals surface area (Å²) in [6.45, 7) is 0. The van der Waals surface area contributed by atoms with E-state index in [1.165, 1.54) is 0 Å². The van der Waals surface area contributed by atoms with Crippen molar-refractivity contribution in [3.63, 3.8) is 0 Å². The Labute approximate surface area is 48.9 Å². The first kappa shape index (κ1) is 3.49. The zero-order chi connectivity index (χ0) is 5.14. The minimum absolute atomic E-state index is 0.852. The maximum Gasteiger partial charge on any atom is -0.00133 e. The first-order valence-corrected chi connectivity index (χ1v) is 3.33. The summed E-state index contributed by atoms with van der Waals surface area (Å²) in [6.07, 6.45) is 9.49. The van der Waals surface area contributed by atoms with Gasteiger partial charge in [-0.1, -0.05) is 24.3 Å². The summed E-state index contributed by atoms with van der Waals surface area (Å²) in [4.78, 5) is 0. The van der Waals surface area contributed by atoms with Crippen LogP contribution in [0.15, 0.2) is 24.3 Å². The smallest absolute Gasteiger partial charge is 0.00133 e. The van der Waals surface area contributed by atoms with Crippen LogP contribution in [0.4, 0.5) is 0 Å². The number of allylic oxidation sites excluding steroid dienone is 4. The van der Waals surface area contributed by atoms with Crippen LogP contribution < -0.4 is 0 Å². The fourth-order valence-electron chi connectivity index (χ4n) is 2.25. The van der Waals surface area contributed by atoms with E-state index in [0.29, 0.717) is 0 Å². The van der Waals surface area contributed by atoms with Gasteiger partial charge in [0.1, 0.15) is 0 Å². The molecular weight excluding hydrogens is 96.1 g/mol. The van der Waals surface area contributed by atoms with Gasteiger partial charge >= 0.3 is 0 Å². The molecule has 0 radical (unpaired) electrons. The first-order chi connectivity index (χ1) is 3.97. The van der Waals surface area contributed by atoms with Gasteiger partial charge in [-0.3, -0.25) is 0 Å². The topological polar surface area (TPSA) is 0 Å². The molecular formula is C8H8. The SMILES string of the molecule is C1=CC2C3C=CC1C23. The molecule has 40 valence electrons. The normalized spacial score (nSPS) is 62.0. The minimum atomic E-state index is 0.852. The molecule has 0 aromatic rings. The second-order valence-corrected chi connectivity index (χ2v) is 3.08. The molecule has 3 rings (SSSR count). The Kier molecular flexibility index (Phi) is 0.355. The van der Waals surface area contributed by atoms with Crippen LogP contribution in [0.25, 0.3) is 0 Å². The van der Waals surface area contributed by atoms with E-state index in [1.54, 1.807) is 0 Å². The Bertz CT molecular complexity index is 168. The predicted molar refractivity (Wildman–Crippen MR) is 32.2 cm³/mol. The highest BCUT2D eigenvalue weighted by atomic mass is 14.6. The van der Waals surface area contributed by atoms with Gasteiger partial charge in [0.15, 0.2) is 0 Å². The number of hydrogen-bond donors (Lipinski definition) is 0. The molecule has 0 heterocycles. The van der Waals surface area contributed by atoms with Crippen molar-refractivity contribution in [3.05, 3.63) is 24.3 Å². The van der Waals surface area contributed by atoms with Crippen LogP contribution in [0.3, 0.4) is 0 Å². The molecule has 0 atom stereocenters. The lowest BCUT2D eigenvalue weighted by Gasteiger charge is -1.92. The van der Waals surface area contributed by atoms with Gasteiger partial charge in [-0.25, -0.2) is 0 Å². The van der Waals surface area contributed by atoms with E-state index in [-0.39, 0.29) is 0 Å². The van der Waals surface area contributed by atoms with Crippen LogP contribution in [-0.4, -0.2) is 0 Å². The highest BCUT2D eigenvalue weighted by Gasteiger charge is 2.55. The molecule has 3 aliphatic rings. The van der Waals surface area contributed by atoms with Crippen molar-refractivity contribution in [3.8, 4) is 0 Å². The van der Waals surface area contributed by atoms with Crippen LogP contribution in [0.5, 0.6) is 0 Å². The van der Waals surface area contributed by atoms with E-state index >= 15 is 0 Å². The Morgan fingerprint density at radius 1 is 0.750 bits per heavy atom. The van der Waals surface area contributed by atoms with Gasteiger partial charge in [0, 0.05) is 0 Å². The molecule has 0 spiro atoms. The molecule has 0 amide bonds. The van der Waals surface area contributed by atoms with Crippen LogP contribution in [-0.2, 0) is 0 Å². The molecule has 0 aliphatic heterocycles. The summed E-state index contributed by atoms with van der Waals surface area (Å²) in [7, 11) is 0. The van der Waals surface area contributed by atoms with Crippen LogP contribution in [0.2, 0.25) is 0 Å². The van der Waals surface area contributed by atoms with E-state index in [0.717, 1.165) is 23.7 Å². The minimum Gasteiger partial charge on any atom is -0.0839 e. The van der Waals surface area contributed by atoms with E-state index in [1.807, 2.05) is 0 Å². The zero-order valence-electron chi connectivity index (χ0n) is 4.62. The highest BCUT2D eigenvalue weighted by Crippen LogP contribution is 2.61. The molecule has 0 N–H and O–H groups in total. The monoisotopic (exact) mass is 104 g/mol. The molecule has 0 bridgehead atoms. The summed E-state index contributed by atoms with van der Waals surface area (Å²) in [6, 6.07) is 0. The predicted octanol–water partition coefficient (Wildman–Crippen LogP) is 1.60. The van der Waals surface area contributed by atoms with Crippen LogP contribution >= 0.6 is 0 Å². The van der Waals surface area contributed by atoms with E-state index in [9.17, 15) is 0 Å². The fourth-order valence-corrected chi connectivity index (χ4v) is 2.25. The number of fused-ring (bicyclic) bond motifs is 1. The highest BCUT2D eigenvalue weighted by molar-refractivity contribution is 5.34. The summed E-state index contributed by atoms with van der Waals surface area (Å²) >= 11 is 0. The summed E-state index contributed by atoms with van der Waals surface area (Å²) in [5.41, 5.74) is 0. The maximum absolute atomic E-state index is 2.39. The molecule has 0 aromatic carbocycles. The Hall–Kier alpha value is -0.520. The molecule has 1 fully saturated rings. The van der Waals surface area contributed by atoms with Gasteiger partial charge in [0.25, 0.3) is 0 Å². The number of hydrogen-bond acceptors (Lipinski definition) is 0. The van der Waals surface area contributed by atoms with Gasteiger partial charge in [-0.15, -0.1) is 0 Å². The van der Waals surface area contributed by atoms with Gasteiger partial charge in [0.2, 0.25) is 0 Å². The molecule has 0 heteroatoms. The van der Waals surface area contributed by atoms with E-state index < -0.39 is 0 Å². The fraction of sp³-hybridized carbons (Fsp3) is 0.500. The third kappa shape index (κ3) is 0.199. The van der Waals surface area contributed by atoms with Gasteiger partial charge in [-0.05, 0) is 23.7 Å². The second-order valence-electron chi connectivity index (χ2n) is 3.08. The maximum atomic E-state index is 2.39. The second kappa shape index (κ2) is 0.812. The standard InChI is InChI=1S/C8H8/c1-3-6-7-4-2-5(1)8(6)7/h1-8H. The third-order valence-corrected chi connectivity index (χ3v) is 2.75. The summed E-state index contributed by atoms with van der Waals surface area (Å²) in [5.74, 6) is 3.84. The lowest BCUT2D eigenvalue weighted by Crippen LogP contribution is -1.86. The first-order valence-electron chi connectivity index (χ1n) is 3.33. The summed E-state index contributed by atoms with van der Waals surface area (Å²) < 4.78 is 0. The number of rotatable bonds is 0. The van der Waals surface area contributed by atoms with E-state index in [4.69, 9.17) is 0 Å². The molecule has 1 saturated carbocycles. The molecule has 0 nitrogen and oxygen atoms in total. The van der Waals surface area contributed by atoms with Crippen molar-refractivity contribution in [2.24, 2.45) is 23.7 Å². The summed E-state index contributed by atoms with van der Waals surface area (Å²) in [5, 5.41) is 0. The van der Waals surface area contributed by atoms with Gasteiger partial charge in [-0.2, -0.15) is 0 Å². The average molecular weight is 104 g/mol. The lowest BCUT2D eigenvalue weighted by atomic mass is 10.1. The van der Waals surface area contributed by atoms with Crippen LogP contribution in [0, 0.1) is 23.7 Å². The van der Waals surface area contributed by atoms with Crippen molar-refractivity contribution in [1.82, 2.24) is 0 Å². The largest absolute Gasteiger partial charge is 0.0839 e. The van der Waals surface area contributed by atoms with Gasteiger partial charge in [0.05, 0.1) is 0 Å².